The summed E-state index contributed by atoms with van der Waals surface area (Å²) >= 11 is 0. The second kappa shape index (κ2) is 14.8. The number of nitrogens with one attached hydrogen (secondary N) is 1. The number of pyridine rings is 2. The van der Waals surface area contributed by atoms with E-state index >= 15 is 0 Å². The van der Waals surface area contributed by atoms with Crippen LogP contribution < -0.4 is 24.3 Å². The normalized spacial score (nSPS) is 20.4. The van der Waals surface area contributed by atoms with Crippen LogP contribution in [0.4, 0.5) is 5.69 Å². The van der Waals surface area contributed by atoms with Crippen molar-refractivity contribution in [3.8, 4) is 23.0 Å². The van der Waals surface area contributed by atoms with Crippen LogP contribution in [-0.2, 0) is 10.6 Å². The molecule has 2 atom stereocenters. The van der Waals surface area contributed by atoms with Gasteiger partial charge >= 0.3 is 5.91 Å². The molecule has 8 rings (SSSR count). The van der Waals surface area contributed by atoms with Crippen LogP contribution in [0.15, 0.2) is 90.2 Å². The average molecular weight is 703 g/mol. The summed E-state index contributed by atoms with van der Waals surface area (Å²) in [6, 6.07) is 23.6. The van der Waals surface area contributed by atoms with Gasteiger partial charge in [0.2, 0.25) is 0 Å². The van der Waals surface area contributed by atoms with Gasteiger partial charge in [0.25, 0.3) is 6.02 Å². The van der Waals surface area contributed by atoms with E-state index in [-0.39, 0.29) is 0 Å². The predicted molar refractivity (Wildman–Crippen MR) is 202 cm³/mol. The highest BCUT2D eigenvalue weighted by molar-refractivity contribution is 5.93. The molecule has 0 amide bonds. The highest BCUT2D eigenvalue weighted by Gasteiger charge is 2.45. The second-order valence-electron chi connectivity index (χ2n) is 14.3. The lowest BCUT2D eigenvalue weighted by Crippen LogP contribution is -2.44. The minimum absolute atomic E-state index is 0.295. The first-order valence-corrected chi connectivity index (χ1v) is 18.2. The number of aromatic nitrogens is 2. The fourth-order valence-electron chi connectivity index (χ4n) is 7.54. The maximum Gasteiger partial charge on any atom is 0.391 e. The third-order valence-corrected chi connectivity index (χ3v) is 10.2. The molecule has 11 nitrogen and oxygen atoms in total. The Bertz CT molecular complexity index is 1990. The van der Waals surface area contributed by atoms with Gasteiger partial charge < -0.3 is 38.8 Å². The predicted octanol–water partition coefficient (Wildman–Crippen LogP) is 6.92. The van der Waals surface area contributed by atoms with Crippen molar-refractivity contribution >= 4 is 33.5 Å². The summed E-state index contributed by atoms with van der Waals surface area (Å²) in [7, 11) is 5.97. The molecule has 270 valence electrons. The van der Waals surface area contributed by atoms with Crippen LogP contribution in [0.2, 0.25) is 0 Å². The van der Waals surface area contributed by atoms with Crippen molar-refractivity contribution in [3.05, 3.63) is 90.8 Å². The number of ether oxygens (including phenoxy) is 5. The number of benzene rings is 3. The number of aliphatic imine (C=N–C) groups is 1. The SMILES string of the molecule is COc1cc2c(cc1OCC1CCCN(C)C1)NC(OCC1CCCN(C)C1)=NC2(Oc1ccc2cccnc2c1)Oc1ccc2cccnc2c1. The van der Waals surface area contributed by atoms with Gasteiger partial charge in [-0.2, -0.15) is 0 Å². The smallest absolute Gasteiger partial charge is 0.391 e. The molecule has 1 N–H and O–H groups in total. The zero-order valence-electron chi connectivity index (χ0n) is 30.1. The Labute approximate surface area is 304 Å². The van der Waals surface area contributed by atoms with Crippen molar-refractivity contribution in [1.29, 1.82) is 0 Å². The van der Waals surface area contributed by atoms with Gasteiger partial charge in [-0.15, -0.1) is 4.99 Å². The minimum atomic E-state index is -1.73. The fraction of sp³-hybridized carbons (Fsp3) is 0.390. The third kappa shape index (κ3) is 7.42. The van der Waals surface area contributed by atoms with Gasteiger partial charge in [0.05, 0.1) is 42.6 Å². The highest BCUT2D eigenvalue weighted by atomic mass is 16.7. The van der Waals surface area contributed by atoms with E-state index < -0.39 is 5.91 Å². The summed E-state index contributed by atoms with van der Waals surface area (Å²) in [5.74, 6) is 1.27. The Balaban J connectivity index is 1.22. The molecule has 2 fully saturated rings. The molecular formula is C41H46N6O5. The molecule has 2 aromatic heterocycles. The van der Waals surface area contributed by atoms with E-state index in [1.165, 1.54) is 0 Å². The molecule has 3 aliphatic rings. The second-order valence-corrected chi connectivity index (χ2v) is 14.3. The standard InChI is InChI=1S/C41H46N6O5/c1-46-18-6-8-28(24-46)26-49-39-23-37-34(22-38(39)48-3)41(51-32-14-12-30-10-4-16-42-35(30)20-32,52-33-15-13-31-11-5-17-43-36(31)21-33)45-40(44-37)50-27-29-9-7-19-47(2)25-29/h4-5,10-17,20-23,28-29H,6-9,18-19,24-27H2,1-3H3,(H,44,45). The van der Waals surface area contributed by atoms with E-state index in [0.717, 1.165) is 73.7 Å². The van der Waals surface area contributed by atoms with Gasteiger partial charge in [0, 0.05) is 66.3 Å². The number of likely N-dealkylation sites (tertiary alicyclic amines) is 2. The molecule has 3 aliphatic heterocycles. The van der Waals surface area contributed by atoms with E-state index in [1.54, 1.807) is 19.5 Å². The van der Waals surface area contributed by atoms with Crippen LogP contribution in [-0.4, -0.2) is 86.4 Å². The molecule has 0 spiro atoms. The van der Waals surface area contributed by atoms with E-state index in [9.17, 15) is 0 Å². The quantitative estimate of drug-likeness (QED) is 0.154. The van der Waals surface area contributed by atoms with Gasteiger partial charge in [-0.25, -0.2) is 0 Å². The van der Waals surface area contributed by atoms with Gasteiger partial charge in [-0.05, 0) is 95.3 Å². The minimum Gasteiger partial charge on any atom is -0.493 e. The molecule has 5 heterocycles. The number of fused-ring (bicyclic) bond motifs is 3. The van der Waals surface area contributed by atoms with Crippen molar-refractivity contribution in [2.75, 3.05) is 65.9 Å². The van der Waals surface area contributed by atoms with Gasteiger partial charge in [-0.3, -0.25) is 9.97 Å². The molecule has 0 radical (unpaired) electrons. The lowest BCUT2D eigenvalue weighted by molar-refractivity contribution is -0.116. The number of anilines is 1. The van der Waals surface area contributed by atoms with Crippen molar-refractivity contribution in [2.45, 2.75) is 31.6 Å². The number of piperidine rings is 2. The number of rotatable bonds is 10. The Morgan fingerprint density at radius 2 is 1.33 bits per heavy atom. The first-order chi connectivity index (χ1) is 25.4. The van der Waals surface area contributed by atoms with E-state index in [4.69, 9.17) is 28.7 Å². The zero-order valence-corrected chi connectivity index (χ0v) is 30.1. The third-order valence-electron chi connectivity index (χ3n) is 10.2. The Hall–Kier alpha value is -5.13. The van der Waals surface area contributed by atoms with Gasteiger partial charge in [-0.1, -0.05) is 12.1 Å². The molecule has 0 saturated carbocycles. The first kappa shape index (κ1) is 34.0. The molecule has 0 bridgehead atoms. The summed E-state index contributed by atoms with van der Waals surface area (Å²) < 4.78 is 32.9. The summed E-state index contributed by atoms with van der Waals surface area (Å²) in [6.07, 6.45) is 8.05. The molecule has 3 aromatic carbocycles. The van der Waals surface area contributed by atoms with Crippen molar-refractivity contribution in [3.63, 3.8) is 0 Å². The molecule has 5 aromatic rings. The number of methoxy groups -OCH3 is 1. The van der Waals surface area contributed by atoms with Crippen LogP contribution in [0.25, 0.3) is 21.8 Å². The van der Waals surface area contributed by atoms with Crippen molar-refractivity contribution in [2.24, 2.45) is 16.8 Å². The summed E-state index contributed by atoms with van der Waals surface area (Å²) in [5, 5.41) is 5.44. The summed E-state index contributed by atoms with van der Waals surface area (Å²) in [4.78, 5) is 19.0. The first-order valence-electron chi connectivity index (χ1n) is 18.2. The highest BCUT2D eigenvalue weighted by Crippen LogP contribution is 2.45. The molecular weight excluding hydrogens is 656 g/mol. The average Bonchev–Trinajstić information content (AvgIpc) is 3.16. The van der Waals surface area contributed by atoms with Crippen LogP contribution in [0, 0.1) is 11.8 Å². The maximum absolute atomic E-state index is 6.94. The summed E-state index contributed by atoms with van der Waals surface area (Å²) in [5.41, 5.74) is 2.85. The molecule has 11 heteroatoms. The maximum atomic E-state index is 6.94. The number of amidine groups is 1. The Kier molecular flexibility index (Phi) is 9.70. The monoisotopic (exact) mass is 702 g/mol. The van der Waals surface area contributed by atoms with Crippen LogP contribution in [0.5, 0.6) is 23.0 Å². The fourth-order valence-corrected chi connectivity index (χ4v) is 7.54. The molecule has 2 saturated heterocycles. The summed E-state index contributed by atoms with van der Waals surface area (Å²) in [6.45, 7) is 5.25. The van der Waals surface area contributed by atoms with Gasteiger partial charge in [0.1, 0.15) is 11.5 Å². The number of hydrogen-bond acceptors (Lipinski definition) is 11. The van der Waals surface area contributed by atoms with Crippen molar-refractivity contribution < 1.29 is 23.7 Å². The molecule has 52 heavy (non-hydrogen) atoms. The van der Waals surface area contributed by atoms with Crippen LogP contribution in [0.3, 0.4) is 0 Å². The molecule has 0 aliphatic carbocycles. The van der Waals surface area contributed by atoms with Crippen LogP contribution in [0.1, 0.15) is 31.2 Å². The lowest BCUT2D eigenvalue weighted by Gasteiger charge is -2.37. The largest absolute Gasteiger partial charge is 0.493 e. The lowest BCUT2D eigenvalue weighted by atomic mass is 9.99. The van der Waals surface area contributed by atoms with E-state index in [2.05, 4.69) is 39.2 Å². The number of hydrogen-bond donors (Lipinski definition) is 1. The van der Waals surface area contributed by atoms with Crippen LogP contribution >= 0.6 is 0 Å². The topological polar surface area (TPSA) is 103 Å². The van der Waals surface area contributed by atoms with E-state index in [1.807, 2.05) is 72.8 Å². The Morgan fingerprint density at radius 3 is 1.90 bits per heavy atom. The zero-order chi connectivity index (χ0) is 35.5. The van der Waals surface area contributed by atoms with Crippen molar-refractivity contribution in [1.82, 2.24) is 19.8 Å². The number of nitrogens with zero attached hydrogens (tertiary/aromatic N) is 5. The van der Waals surface area contributed by atoms with E-state index in [0.29, 0.717) is 65.3 Å². The van der Waals surface area contributed by atoms with Gasteiger partial charge in [0.15, 0.2) is 11.5 Å². The Morgan fingerprint density at radius 1 is 0.731 bits per heavy atom. The molecule has 2 unspecified atom stereocenters.